The van der Waals surface area contributed by atoms with Gasteiger partial charge in [-0.3, -0.25) is 4.68 Å². The molecule has 4 aliphatic rings. The van der Waals surface area contributed by atoms with E-state index in [1.165, 1.54) is 44.2 Å². The van der Waals surface area contributed by atoms with Crippen LogP contribution in [0.1, 0.15) is 57.6 Å². The largest absolute Gasteiger partial charge is 0.327 e. The Hall–Kier alpha value is -0.830. The molecule has 3 nitrogen and oxygen atoms in total. The van der Waals surface area contributed by atoms with Gasteiger partial charge in [0.2, 0.25) is 0 Å². The van der Waals surface area contributed by atoms with Gasteiger partial charge in [0.05, 0.1) is 0 Å². The number of aromatic nitrogens is 2. The quantitative estimate of drug-likeness (QED) is 0.923. The molecule has 4 aliphatic carbocycles. The average molecular weight is 287 g/mol. The fourth-order valence-electron chi connectivity index (χ4n) is 6.49. The molecule has 0 aliphatic heterocycles. The molecule has 0 spiro atoms. The van der Waals surface area contributed by atoms with Gasteiger partial charge in [0.1, 0.15) is 0 Å². The van der Waals surface area contributed by atoms with Crippen LogP contribution in [0.4, 0.5) is 0 Å². The Bertz CT molecular complexity index is 518. The third-order valence-corrected chi connectivity index (χ3v) is 6.82. The van der Waals surface area contributed by atoms with E-state index < -0.39 is 0 Å². The van der Waals surface area contributed by atoms with Crippen LogP contribution in [0.15, 0.2) is 12.3 Å². The number of rotatable bonds is 4. The van der Waals surface area contributed by atoms with Crippen LogP contribution in [-0.4, -0.2) is 15.8 Å². The van der Waals surface area contributed by atoms with Crippen molar-refractivity contribution in [1.82, 2.24) is 9.78 Å². The van der Waals surface area contributed by atoms with E-state index in [1.54, 1.807) is 0 Å². The second-order valence-corrected chi connectivity index (χ2v) is 8.73. The van der Waals surface area contributed by atoms with Gasteiger partial charge in [0.15, 0.2) is 0 Å². The number of hydrogen-bond acceptors (Lipinski definition) is 2. The molecule has 4 bridgehead atoms. The highest BCUT2D eigenvalue weighted by Gasteiger charge is 2.57. The van der Waals surface area contributed by atoms with Crippen LogP contribution < -0.4 is 5.73 Å². The van der Waals surface area contributed by atoms with Crippen molar-refractivity contribution in [1.29, 1.82) is 0 Å². The fourth-order valence-corrected chi connectivity index (χ4v) is 6.49. The molecule has 1 aromatic rings. The first-order valence-corrected chi connectivity index (χ1v) is 8.71. The fraction of sp³-hybridized carbons (Fsp3) is 0.833. The smallest absolute Gasteiger partial charge is 0.0492 e. The number of nitrogens with two attached hydrogens (primary N) is 1. The lowest BCUT2D eigenvalue weighted by Gasteiger charge is -2.63. The summed E-state index contributed by atoms with van der Waals surface area (Å²) in [5.41, 5.74) is 9.15. The molecule has 5 rings (SSSR count). The highest BCUT2D eigenvalue weighted by atomic mass is 15.2. The first-order valence-electron chi connectivity index (χ1n) is 8.71. The third-order valence-electron chi connectivity index (χ3n) is 6.82. The Balaban J connectivity index is 1.49. The minimum Gasteiger partial charge on any atom is -0.327 e. The van der Waals surface area contributed by atoms with E-state index in [1.807, 2.05) is 17.9 Å². The van der Waals surface area contributed by atoms with E-state index in [0.717, 1.165) is 24.7 Å². The summed E-state index contributed by atoms with van der Waals surface area (Å²) in [5.74, 6) is 1.94. The number of aryl methyl sites for hydroxylation is 2. The highest BCUT2D eigenvalue weighted by Crippen LogP contribution is 2.66. The SMILES string of the molecule is Cn1nccc1CCC(N)C12CC3CC(CC(C)(C3)C1)C2. The first-order chi connectivity index (χ1) is 9.98. The van der Waals surface area contributed by atoms with E-state index in [2.05, 4.69) is 18.1 Å². The predicted molar refractivity (Wildman–Crippen MR) is 84.7 cm³/mol. The van der Waals surface area contributed by atoms with Gasteiger partial charge in [-0.1, -0.05) is 6.92 Å². The molecule has 4 fully saturated rings. The summed E-state index contributed by atoms with van der Waals surface area (Å²) >= 11 is 0. The van der Waals surface area contributed by atoms with Crippen molar-refractivity contribution in [2.45, 2.75) is 64.3 Å². The zero-order chi connectivity index (χ0) is 14.7. The maximum atomic E-state index is 6.77. The maximum absolute atomic E-state index is 6.77. The van der Waals surface area contributed by atoms with Crippen molar-refractivity contribution in [2.75, 3.05) is 0 Å². The van der Waals surface area contributed by atoms with Crippen LogP contribution in [-0.2, 0) is 13.5 Å². The minimum absolute atomic E-state index is 0.373. The molecule has 0 radical (unpaired) electrons. The first kappa shape index (κ1) is 13.8. The van der Waals surface area contributed by atoms with E-state index >= 15 is 0 Å². The summed E-state index contributed by atoms with van der Waals surface area (Å²) in [6.45, 7) is 2.53. The average Bonchev–Trinajstić information content (AvgIpc) is 2.78. The van der Waals surface area contributed by atoms with E-state index in [-0.39, 0.29) is 0 Å². The molecule has 0 saturated heterocycles. The van der Waals surface area contributed by atoms with Crippen LogP contribution in [0, 0.1) is 22.7 Å². The van der Waals surface area contributed by atoms with Gasteiger partial charge in [-0.2, -0.15) is 5.10 Å². The molecule has 21 heavy (non-hydrogen) atoms. The summed E-state index contributed by atoms with van der Waals surface area (Å²) < 4.78 is 1.99. The van der Waals surface area contributed by atoms with Gasteiger partial charge in [-0.15, -0.1) is 0 Å². The topological polar surface area (TPSA) is 43.8 Å². The van der Waals surface area contributed by atoms with E-state index in [0.29, 0.717) is 16.9 Å². The zero-order valence-corrected chi connectivity index (χ0v) is 13.5. The van der Waals surface area contributed by atoms with Gasteiger partial charge < -0.3 is 5.73 Å². The van der Waals surface area contributed by atoms with Crippen molar-refractivity contribution < 1.29 is 0 Å². The Kier molecular flexibility index (Phi) is 3.01. The van der Waals surface area contributed by atoms with Crippen LogP contribution in [0.3, 0.4) is 0 Å². The van der Waals surface area contributed by atoms with Crippen molar-refractivity contribution in [2.24, 2.45) is 35.4 Å². The monoisotopic (exact) mass is 287 g/mol. The molecule has 3 atom stereocenters. The van der Waals surface area contributed by atoms with Gasteiger partial charge >= 0.3 is 0 Å². The number of nitrogens with zero attached hydrogens (tertiary/aromatic N) is 2. The molecule has 0 amide bonds. The third kappa shape index (κ3) is 2.25. The standard InChI is InChI=1S/C18H29N3/c1-17-8-13-7-14(9-17)11-18(10-13,12-17)16(19)4-3-15-5-6-20-21(15)2/h5-6,13-14,16H,3-4,7-12,19H2,1-2H3. The normalized spacial score (nSPS) is 42.4. The lowest BCUT2D eigenvalue weighted by atomic mass is 9.43. The van der Waals surface area contributed by atoms with E-state index in [4.69, 9.17) is 5.73 Å². The molecular weight excluding hydrogens is 258 g/mol. The summed E-state index contributed by atoms with van der Waals surface area (Å²) in [7, 11) is 2.03. The Morgan fingerprint density at radius 3 is 2.62 bits per heavy atom. The molecule has 1 aromatic heterocycles. The van der Waals surface area contributed by atoms with Gasteiger partial charge in [0, 0.05) is 25.0 Å². The van der Waals surface area contributed by atoms with Crippen LogP contribution >= 0.6 is 0 Å². The predicted octanol–water partition coefficient (Wildman–Crippen LogP) is 3.29. The molecule has 3 unspecified atom stereocenters. The minimum atomic E-state index is 0.373. The molecular formula is C18H29N3. The Morgan fingerprint density at radius 2 is 2.05 bits per heavy atom. The lowest BCUT2D eigenvalue weighted by Crippen LogP contribution is -2.57. The maximum Gasteiger partial charge on any atom is 0.0492 e. The van der Waals surface area contributed by atoms with Crippen molar-refractivity contribution >= 4 is 0 Å². The van der Waals surface area contributed by atoms with Crippen LogP contribution in [0.5, 0.6) is 0 Å². The van der Waals surface area contributed by atoms with Crippen LogP contribution in [0.25, 0.3) is 0 Å². The second-order valence-electron chi connectivity index (χ2n) is 8.73. The molecule has 4 saturated carbocycles. The Morgan fingerprint density at radius 1 is 1.33 bits per heavy atom. The molecule has 2 N–H and O–H groups in total. The summed E-state index contributed by atoms with van der Waals surface area (Å²) in [4.78, 5) is 0. The molecule has 3 heteroatoms. The highest BCUT2D eigenvalue weighted by molar-refractivity contribution is 5.10. The summed E-state index contributed by atoms with van der Waals surface area (Å²) in [5, 5.41) is 4.27. The number of hydrogen-bond donors (Lipinski definition) is 1. The summed E-state index contributed by atoms with van der Waals surface area (Å²) in [6, 6.07) is 2.51. The van der Waals surface area contributed by atoms with Crippen molar-refractivity contribution in [3.05, 3.63) is 18.0 Å². The molecule has 1 heterocycles. The van der Waals surface area contributed by atoms with Gasteiger partial charge in [0.25, 0.3) is 0 Å². The van der Waals surface area contributed by atoms with E-state index in [9.17, 15) is 0 Å². The molecule has 0 aromatic carbocycles. The molecule has 116 valence electrons. The lowest BCUT2D eigenvalue weighted by molar-refractivity contribution is -0.113. The second kappa shape index (κ2) is 4.58. The summed E-state index contributed by atoms with van der Waals surface area (Å²) in [6.07, 6.45) is 12.7. The Labute approximate surface area is 128 Å². The van der Waals surface area contributed by atoms with Crippen molar-refractivity contribution in [3.8, 4) is 0 Å². The van der Waals surface area contributed by atoms with Crippen molar-refractivity contribution in [3.63, 3.8) is 0 Å². The zero-order valence-electron chi connectivity index (χ0n) is 13.5. The van der Waals surface area contributed by atoms with Gasteiger partial charge in [-0.05, 0) is 80.1 Å². The van der Waals surface area contributed by atoms with Gasteiger partial charge in [-0.25, -0.2) is 0 Å². The van der Waals surface area contributed by atoms with Crippen LogP contribution in [0.2, 0.25) is 0 Å².